The van der Waals surface area contributed by atoms with Crippen LogP contribution < -0.4 is 5.32 Å². The van der Waals surface area contributed by atoms with E-state index >= 15 is 0 Å². The van der Waals surface area contributed by atoms with Crippen LogP contribution in [0.2, 0.25) is 0 Å². The Kier molecular flexibility index (Phi) is 5.91. The van der Waals surface area contributed by atoms with Crippen molar-refractivity contribution in [3.63, 3.8) is 0 Å². The second-order valence-electron chi connectivity index (χ2n) is 7.03. The lowest BCUT2D eigenvalue weighted by molar-refractivity contribution is 0.112. The quantitative estimate of drug-likeness (QED) is 0.506. The average Bonchev–Trinajstić information content (AvgIpc) is 3.14. The summed E-state index contributed by atoms with van der Waals surface area (Å²) < 4.78 is 5.45. The zero-order valence-electron chi connectivity index (χ0n) is 16.6. The summed E-state index contributed by atoms with van der Waals surface area (Å²) in [5.41, 5.74) is 5.63. The fourth-order valence-electron chi connectivity index (χ4n) is 3.83. The number of carbonyl (C=O) groups is 3. The van der Waals surface area contributed by atoms with Gasteiger partial charge in [0.2, 0.25) is 0 Å². The van der Waals surface area contributed by atoms with Crippen molar-refractivity contribution in [3.8, 4) is 23.0 Å². The molecular formula is C26H19NO4. The maximum Gasteiger partial charge on any atom is 0.407 e. The van der Waals surface area contributed by atoms with E-state index in [1.165, 1.54) is 0 Å². The third-order valence-corrected chi connectivity index (χ3v) is 5.26. The normalized spacial score (nSPS) is 11.5. The van der Waals surface area contributed by atoms with E-state index in [1.54, 1.807) is 18.2 Å². The molecule has 3 aromatic rings. The summed E-state index contributed by atoms with van der Waals surface area (Å²) >= 11 is 0. The first-order valence-corrected chi connectivity index (χ1v) is 9.84. The predicted octanol–water partition coefficient (Wildman–Crippen LogP) is 4.20. The van der Waals surface area contributed by atoms with Crippen molar-refractivity contribution in [1.82, 2.24) is 5.32 Å². The van der Waals surface area contributed by atoms with Gasteiger partial charge in [-0.25, -0.2) is 4.79 Å². The van der Waals surface area contributed by atoms with Gasteiger partial charge in [-0.05, 0) is 22.3 Å². The molecule has 5 heteroatoms. The number of fused-ring (bicyclic) bond motifs is 3. The minimum atomic E-state index is -0.574. The first kappa shape index (κ1) is 20.1. The van der Waals surface area contributed by atoms with Gasteiger partial charge in [-0.15, -0.1) is 0 Å². The van der Waals surface area contributed by atoms with Gasteiger partial charge < -0.3 is 10.1 Å². The summed E-state index contributed by atoms with van der Waals surface area (Å²) in [6.07, 6.45) is 0.724. The van der Waals surface area contributed by atoms with Gasteiger partial charge in [0, 0.05) is 22.6 Å². The van der Waals surface area contributed by atoms with E-state index in [2.05, 4.69) is 41.4 Å². The van der Waals surface area contributed by atoms with Gasteiger partial charge in [0.05, 0.1) is 6.54 Å². The second-order valence-corrected chi connectivity index (χ2v) is 7.03. The van der Waals surface area contributed by atoms with E-state index in [1.807, 2.05) is 24.3 Å². The molecule has 1 aliphatic rings. The van der Waals surface area contributed by atoms with Crippen LogP contribution in [0.15, 0.2) is 66.7 Å². The van der Waals surface area contributed by atoms with Crippen molar-refractivity contribution in [1.29, 1.82) is 0 Å². The monoisotopic (exact) mass is 409 g/mol. The maximum absolute atomic E-state index is 12.2. The van der Waals surface area contributed by atoms with Gasteiger partial charge in [0.25, 0.3) is 0 Å². The van der Waals surface area contributed by atoms with Gasteiger partial charge in [-0.3, -0.25) is 9.59 Å². The molecule has 0 saturated heterocycles. The van der Waals surface area contributed by atoms with Crippen molar-refractivity contribution in [3.05, 3.63) is 94.5 Å². The van der Waals surface area contributed by atoms with E-state index in [9.17, 15) is 14.4 Å². The van der Waals surface area contributed by atoms with Crippen LogP contribution in [-0.4, -0.2) is 31.8 Å². The molecule has 0 unspecified atom stereocenters. The van der Waals surface area contributed by atoms with Gasteiger partial charge in [-0.2, -0.15) is 0 Å². The smallest absolute Gasteiger partial charge is 0.407 e. The Bertz CT molecular complexity index is 1150. The lowest BCUT2D eigenvalue weighted by Gasteiger charge is -2.14. The third-order valence-electron chi connectivity index (χ3n) is 5.26. The highest BCUT2D eigenvalue weighted by molar-refractivity contribution is 5.88. The van der Waals surface area contributed by atoms with E-state index in [-0.39, 0.29) is 19.1 Å². The van der Waals surface area contributed by atoms with Crippen molar-refractivity contribution in [2.24, 2.45) is 0 Å². The fraction of sp³-hybridized carbons (Fsp3) is 0.115. The predicted molar refractivity (Wildman–Crippen MR) is 117 cm³/mol. The molecule has 5 nitrogen and oxygen atoms in total. The molecule has 0 aromatic heterocycles. The molecular weight excluding hydrogens is 390 g/mol. The molecule has 0 bridgehead atoms. The minimum absolute atomic E-state index is 0.0150. The molecule has 0 saturated carbocycles. The highest BCUT2D eigenvalue weighted by atomic mass is 16.5. The van der Waals surface area contributed by atoms with Crippen LogP contribution in [0.25, 0.3) is 11.1 Å². The molecule has 0 fully saturated rings. The van der Waals surface area contributed by atoms with Crippen LogP contribution in [-0.2, 0) is 4.74 Å². The second kappa shape index (κ2) is 9.10. The summed E-state index contributed by atoms with van der Waals surface area (Å²) in [6, 6.07) is 21.0. The average molecular weight is 409 g/mol. The molecule has 1 aliphatic carbocycles. The molecule has 4 rings (SSSR count). The number of ether oxygens (including phenoxy) is 1. The van der Waals surface area contributed by atoms with Crippen LogP contribution in [0.1, 0.15) is 43.3 Å². The number of benzene rings is 3. The summed E-state index contributed by atoms with van der Waals surface area (Å²) in [7, 11) is 0. The SMILES string of the molecule is O=Cc1cccc(C=O)c1C#CCNC(=O)OCC1c2ccccc2-c2ccccc21. The summed E-state index contributed by atoms with van der Waals surface area (Å²) in [5, 5.41) is 2.59. The standard InChI is InChI=1S/C26H19NO4/c28-15-18-7-5-8-19(16-29)20(18)13-6-14-27-26(30)31-17-25-23-11-3-1-9-21(23)22-10-2-4-12-24(22)25/h1-5,7-12,15-16,25H,14,17H2,(H,27,30). The van der Waals surface area contributed by atoms with Crippen LogP contribution in [0, 0.1) is 11.8 Å². The summed E-state index contributed by atoms with van der Waals surface area (Å²) in [5.74, 6) is 5.53. The molecule has 1 N–H and O–H groups in total. The molecule has 152 valence electrons. The number of rotatable bonds is 5. The minimum Gasteiger partial charge on any atom is -0.449 e. The molecule has 0 heterocycles. The first-order chi connectivity index (χ1) is 15.2. The van der Waals surface area contributed by atoms with Crippen LogP contribution in [0.4, 0.5) is 4.79 Å². The third kappa shape index (κ3) is 4.10. The highest BCUT2D eigenvalue weighted by Crippen LogP contribution is 2.44. The molecule has 31 heavy (non-hydrogen) atoms. The van der Waals surface area contributed by atoms with E-state index < -0.39 is 6.09 Å². The first-order valence-electron chi connectivity index (χ1n) is 9.84. The Hall–Kier alpha value is -4.17. The van der Waals surface area contributed by atoms with Gasteiger partial charge >= 0.3 is 6.09 Å². The Labute approximate surface area is 180 Å². The number of hydrogen-bond acceptors (Lipinski definition) is 4. The number of alkyl carbamates (subject to hydrolysis) is 1. The highest BCUT2D eigenvalue weighted by Gasteiger charge is 2.28. The van der Waals surface area contributed by atoms with E-state index in [0.717, 1.165) is 22.3 Å². The number of hydrogen-bond donors (Lipinski definition) is 1. The van der Waals surface area contributed by atoms with Gasteiger partial charge in [-0.1, -0.05) is 78.6 Å². The van der Waals surface area contributed by atoms with Gasteiger partial charge in [0.1, 0.15) is 6.61 Å². The van der Waals surface area contributed by atoms with Gasteiger partial charge in [0.15, 0.2) is 12.6 Å². The molecule has 0 radical (unpaired) electrons. The fourth-order valence-corrected chi connectivity index (χ4v) is 3.83. The van der Waals surface area contributed by atoms with Crippen LogP contribution in [0.5, 0.6) is 0 Å². The van der Waals surface area contributed by atoms with Crippen LogP contribution >= 0.6 is 0 Å². The zero-order chi connectivity index (χ0) is 21.6. The number of amides is 1. The van der Waals surface area contributed by atoms with Crippen molar-refractivity contribution < 1.29 is 19.1 Å². The Morgan fingerprint density at radius 1 is 0.871 bits per heavy atom. The summed E-state index contributed by atoms with van der Waals surface area (Å²) in [4.78, 5) is 34.5. The molecule has 0 atom stereocenters. The van der Waals surface area contributed by atoms with E-state index in [0.29, 0.717) is 29.3 Å². The Morgan fingerprint density at radius 3 is 2.03 bits per heavy atom. The molecule has 0 aliphatic heterocycles. The van der Waals surface area contributed by atoms with Crippen molar-refractivity contribution in [2.45, 2.75) is 5.92 Å². The lowest BCUT2D eigenvalue weighted by Crippen LogP contribution is -2.26. The molecule has 1 amide bonds. The zero-order valence-corrected chi connectivity index (χ0v) is 16.6. The molecule has 3 aromatic carbocycles. The van der Waals surface area contributed by atoms with E-state index in [4.69, 9.17) is 4.74 Å². The topological polar surface area (TPSA) is 72.5 Å². The summed E-state index contributed by atoms with van der Waals surface area (Å²) in [6.45, 7) is 0.249. The Morgan fingerprint density at radius 2 is 1.45 bits per heavy atom. The van der Waals surface area contributed by atoms with Crippen molar-refractivity contribution in [2.75, 3.05) is 13.2 Å². The van der Waals surface area contributed by atoms with Crippen LogP contribution in [0.3, 0.4) is 0 Å². The largest absolute Gasteiger partial charge is 0.449 e. The number of aldehydes is 2. The van der Waals surface area contributed by atoms with Crippen molar-refractivity contribution >= 4 is 18.7 Å². The lowest BCUT2D eigenvalue weighted by atomic mass is 9.98. The maximum atomic E-state index is 12.2. The Balaban J connectivity index is 1.38. The number of nitrogens with one attached hydrogen (secondary N) is 1. The molecule has 0 spiro atoms. The number of carbonyl (C=O) groups excluding carboxylic acids is 3.